The molecular formula is C19H22O3. The topological polar surface area (TPSA) is 27.7 Å². The minimum atomic E-state index is -0.857. The molecule has 1 aliphatic rings. The number of benzene rings is 2. The smallest absolute Gasteiger partial charge is 0.222 e. The molecule has 0 spiro atoms. The molecule has 0 radical (unpaired) electrons. The SMILES string of the molecule is COc1ccc(C2(c3ccccc3)O[C@H](C)C[C@H](C)O2)cc1. The van der Waals surface area contributed by atoms with Crippen LogP contribution in [-0.4, -0.2) is 19.3 Å². The van der Waals surface area contributed by atoms with Gasteiger partial charge in [-0.2, -0.15) is 0 Å². The molecule has 1 unspecified atom stereocenters. The molecule has 3 rings (SSSR count). The van der Waals surface area contributed by atoms with E-state index >= 15 is 0 Å². The van der Waals surface area contributed by atoms with Crippen molar-refractivity contribution in [3.63, 3.8) is 0 Å². The molecule has 1 saturated heterocycles. The Bertz CT molecular complexity index is 596. The Kier molecular flexibility index (Phi) is 4.19. The molecule has 0 bridgehead atoms. The van der Waals surface area contributed by atoms with Crippen LogP contribution in [-0.2, 0) is 15.3 Å². The summed E-state index contributed by atoms with van der Waals surface area (Å²) in [4.78, 5) is 0. The Labute approximate surface area is 131 Å². The van der Waals surface area contributed by atoms with Gasteiger partial charge in [-0.05, 0) is 44.5 Å². The molecule has 1 heterocycles. The second kappa shape index (κ2) is 6.11. The van der Waals surface area contributed by atoms with Crippen molar-refractivity contribution in [3.05, 3.63) is 65.7 Å². The predicted molar refractivity (Wildman–Crippen MR) is 85.9 cm³/mol. The molecule has 2 aromatic rings. The molecular weight excluding hydrogens is 276 g/mol. The van der Waals surface area contributed by atoms with Crippen LogP contribution in [0.1, 0.15) is 31.4 Å². The summed E-state index contributed by atoms with van der Waals surface area (Å²) in [6, 6.07) is 18.0. The van der Waals surface area contributed by atoms with Crippen molar-refractivity contribution < 1.29 is 14.2 Å². The predicted octanol–water partition coefficient (Wildman–Crippen LogP) is 4.11. The van der Waals surface area contributed by atoms with Crippen molar-refractivity contribution in [1.29, 1.82) is 0 Å². The summed E-state index contributed by atoms with van der Waals surface area (Å²) in [6.45, 7) is 4.19. The number of hydrogen-bond donors (Lipinski definition) is 0. The van der Waals surface area contributed by atoms with Crippen molar-refractivity contribution >= 4 is 0 Å². The summed E-state index contributed by atoms with van der Waals surface area (Å²) in [7, 11) is 1.67. The molecule has 0 amide bonds. The Morgan fingerprint density at radius 3 is 1.95 bits per heavy atom. The van der Waals surface area contributed by atoms with E-state index in [1.807, 2.05) is 42.5 Å². The molecule has 1 aliphatic heterocycles. The Morgan fingerprint density at radius 1 is 0.864 bits per heavy atom. The van der Waals surface area contributed by atoms with Gasteiger partial charge in [-0.25, -0.2) is 0 Å². The lowest BCUT2D eigenvalue weighted by molar-refractivity contribution is -0.297. The van der Waals surface area contributed by atoms with Crippen molar-refractivity contribution in [2.75, 3.05) is 7.11 Å². The van der Waals surface area contributed by atoms with Gasteiger partial charge in [0.25, 0.3) is 0 Å². The lowest BCUT2D eigenvalue weighted by Gasteiger charge is -2.43. The van der Waals surface area contributed by atoms with Gasteiger partial charge in [0.2, 0.25) is 5.79 Å². The number of hydrogen-bond acceptors (Lipinski definition) is 3. The quantitative estimate of drug-likeness (QED) is 0.853. The van der Waals surface area contributed by atoms with Gasteiger partial charge in [0.1, 0.15) is 5.75 Å². The third-order valence-electron chi connectivity index (χ3n) is 4.02. The molecule has 116 valence electrons. The highest BCUT2D eigenvalue weighted by Crippen LogP contribution is 2.41. The summed E-state index contributed by atoms with van der Waals surface area (Å²) < 4.78 is 17.9. The number of rotatable bonds is 3. The number of ether oxygens (including phenoxy) is 3. The van der Waals surface area contributed by atoms with E-state index < -0.39 is 5.79 Å². The summed E-state index contributed by atoms with van der Waals surface area (Å²) in [5.74, 6) is -0.0335. The molecule has 1 fully saturated rings. The van der Waals surface area contributed by atoms with Crippen LogP contribution in [0, 0.1) is 0 Å². The summed E-state index contributed by atoms with van der Waals surface area (Å²) in [5, 5.41) is 0. The van der Waals surface area contributed by atoms with E-state index in [0.29, 0.717) is 0 Å². The average Bonchev–Trinajstić information content (AvgIpc) is 2.55. The van der Waals surface area contributed by atoms with Crippen molar-refractivity contribution in [2.24, 2.45) is 0 Å². The van der Waals surface area contributed by atoms with Gasteiger partial charge in [0.15, 0.2) is 0 Å². The van der Waals surface area contributed by atoms with Crippen LogP contribution in [0.15, 0.2) is 54.6 Å². The molecule has 22 heavy (non-hydrogen) atoms. The van der Waals surface area contributed by atoms with E-state index in [1.165, 1.54) is 0 Å². The minimum absolute atomic E-state index is 0.131. The monoisotopic (exact) mass is 298 g/mol. The zero-order chi connectivity index (χ0) is 15.6. The fourth-order valence-corrected chi connectivity index (χ4v) is 3.06. The largest absolute Gasteiger partial charge is 0.497 e. The van der Waals surface area contributed by atoms with Gasteiger partial charge in [0, 0.05) is 11.1 Å². The first-order chi connectivity index (χ1) is 10.6. The molecule has 2 aromatic carbocycles. The van der Waals surface area contributed by atoms with E-state index in [1.54, 1.807) is 7.11 Å². The minimum Gasteiger partial charge on any atom is -0.497 e. The van der Waals surface area contributed by atoms with Gasteiger partial charge >= 0.3 is 0 Å². The highest BCUT2D eigenvalue weighted by molar-refractivity contribution is 5.37. The van der Waals surface area contributed by atoms with E-state index in [9.17, 15) is 0 Å². The summed E-state index contributed by atoms with van der Waals surface area (Å²) in [6.07, 6.45) is 1.15. The molecule has 0 saturated carbocycles. The van der Waals surface area contributed by atoms with Crippen molar-refractivity contribution in [1.82, 2.24) is 0 Å². The second-order valence-electron chi connectivity index (χ2n) is 5.80. The van der Waals surface area contributed by atoms with E-state index in [-0.39, 0.29) is 12.2 Å². The third-order valence-corrected chi connectivity index (χ3v) is 4.02. The molecule has 0 aromatic heterocycles. The van der Waals surface area contributed by atoms with Crippen molar-refractivity contribution in [3.8, 4) is 5.75 Å². The van der Waals surface area contributed by atoms with Gasteiger partial charge in [-0.1, -0.05) is 30.3 Å². The maximum absolute atomic E-state index is 6.33. The maximum Gasteiger partial charge on any atom is 0.222 e. The molecule has 3 heteroatoms. The molecule has 0 aliphatic carbocycles. The number of methoxy groups -OCH3 is 1. The van der Waals surface area contributed by atoms with E-state index in [4.69, 9.17) is 14.2 Å². The second-order valence-corrected chi connectivity index (χ2v) is 5.80. The standard InChI is InChI=1S/C19H22O3/c1-14-13-15(2)22-19(21-14,16-7-5-4-6-8-16)17-9-11-18(20-3)12-10-17/h4-12,14-15H,13H2,1-3H3/t14-,15+,19?. The Hall–Kier alpha value is -1.84. The van der Waals surface area contributed by atoms with Crippen molar-refractivity contribution in [2.45, 2.75) is 38.3 Å². The zero-order valence-corrected chi connectivity index (χ0v) is 13.3. The van der Waals surface area contributed by atoms with Crippen LogP contribution in [0.25, 0.3) is 0 Å². The average molecular weight is 298 g/mol. The molecule has 0 N–H and O–H groups in total. The van der Waals surface area contributed by atoms with Crippen LogP contribution in [0.2, 0.25) is 0 Å². The van der Waals surface area contributed by atoms with Crippen LogP contribution in [0.3, 0.4) is 0 Å². The summed E-state index contributed by atoms with van der Waals surface area (Å²) >= 11 is 0. The van der Waals surface area contributed by atoms with Gasteiger partial charge in [-0.15, -0.1) is 0 Å². The first-order valence-corrected chi connectivity index (χ1v) is 7.70. The Balaban J connectivity index is 2.09. The normalized spacial score (nSPS) is 28.3. The van der Waals surface area contributed by atoms with Gasteiger partial charge in [-0.3, -0.25) is 0 Å². The fraction of sp³-hybridized carbons (Fsp3) is 0.368. The van der Waals surface area contributed by atoms with E-state index in [0.717, 1.165) is 23.3 Å². The van der Waals surface area contributed by atoms with Crippen LogP contribution >= 0.6 is 0 Å². The van der Waals surface area contributed by atoms with E-state index in [2.05, 4.69) is 26.0 Å². The lowest BCUT2D eigenvalue weighted by atomic mass is 9.94. The zero-order valence-electron chi connectivity index (χ0n) is 13.3. The highest BCUT2D eigenvalue weighted by Gasteiger charge is 2.43. The molecule has 3 nitrogen and oxygen atoms in total. The fourth-order valence-electron chi connectivity index (χ4n) is 3.06. The summed E-state index contributed by atoms with van der Waals surface area (Å²) in [5.41, 5.74) is 2.00. The first-order valence-electron chi connectivity index (χ1n) is 7.70. The molecule has 3 atom stereocenters. The van der Waals surface area contributed by atoms with Crippen LogP contribution in [0.5, 0.6) is 5.75 Å². The third kappa shape index (κ3) is 2.74. The lowest BCUT2D eigenvalue weighted by Crippen LogP contribution is -2.45. The van der Waals surface area contributed by atoms with Crippen LogP contribution in [0.4, 0.5) is 0 Å². The maximum atomic E-state index is 6.33. The first kappa shape index (κ1) is 15.1. The van der Waals surface area contributed by atoms with Gasteiger partial charge < -0.3 is 14.2 Å². The van der Waals surface area contributed by atoms with Gasteiger partial charge in [0.05, 0.1) is 19.3 Å². The highest BCUT2D eigenvalue weighted by atomic mass is 16.7. The Morgan fingerprint density at radius 2 is 1.41 bits per heavy atom. The van der Waals surface area contributed by atoms with Crippen LogP contribution < -0.4 is 4.74 Å².